The molecule has 0 bridgehead atoms. The maximum absolute atomic E-state index is 10.4. The Morgan fingerprint density at radius 2 is 2.05 bits per heavy atom. The van der Waals surface area contributed by atoms with Crippen molar-refractivity contribution in [1.82, 2.24) is 4.90 Å². The number of aromatic hydroxyl groups is 1. The van der Waals surface area contributed by atoms with E-state index in [2.05, 4.69) is 37.1 Å². The van der Waals surface area contributed by atoms with E-state index in [-0.39, 0.29) is 5.75 Å². The molecule has 2 aromatic carbocycles. The molecule has 1 aliphatic heterocycles. The number of likely N-dealkylation sites (N-methyl/N-ethyl adjacent to an activating group) is 1. The Labute approximate surface area is 131 Å². The van der Waals surface area contributed by atoms with Gasteiger partial charge in [0.2, 0.25) is 0 Å². The fourth-order valence-electron chi connectivity index (χ4n) is 4.16. The Kier molecular flexibility index (Phi) is 2.95. The number of rotatable bonds is 1. The first-order chi connectivity index (χ1) is 10.6. The van der Waals surface area contributed by atoms with E-state index < -0.39 is 0 Å². The first-order valence-corrected chi connectivity index (χ1v) is 7.83. The summed E-state index contributed by atoms with van der Waals surface area (Å²) in [6.07, 6.45) is 2.01. The second kappa shape index (κ2) is 4.75. The molecule has 22 heavy (non-hydrogen) atoms. The van der Waals surface area contributed by atoms with Crippen LogP contribution >= 0.6 is 0 Å². The lowest BCUT2D eigenvalue weighted by molar-refractivity contribution is 0.227. The Morgan fingerprint density at radius 1 is 1.23 bits per heavy atom. The van der Waals surface area contributed by atoms with Gasteiger partial charge in [-0.25, -0.2) is 0 Å². The number of methoxy groups -OCH3 is 1. The molecule has 2 aliphatic rings. The van der Waals surface area contributed by atoms with E-state index >= 15 is 0 Å². The number of aryl methyl sites for hydroxylation is 1. The van der Waals surface area contributed by atoms with Crippen molar-refractivity contribution in [3.8, 4) is 22.6 Å². The normalized spacial score (nSPS) is 19.5. The maximum Gasteiger partial charge on any atom is 0.168 e. The number of ether oxygens (including phenoxy) is 1. The molecule has 1 atom stereocenters. The van der Waals surface area contributed by atoms with Gasteiger partial charge in [0, 0.05) is 18.2 Å². The van der Waals surface area contributed by atoms with Gasteiger partial charge in [0.05, 0.1) is 7.11 Å². The molecule has 0 saturated carbocycles. The second-order valence-electron chi connectivity index (χ2n) is 6.44. The van der Waals surface area contributed by atoms with Crippen molar-refractivity contribution >= 4 is 0 Å². The van der Waals surface area contributed by atoms with Gasteiger partial charge < -0.3 is 9.84 Å². The molecule has 3 nitrogen and oxygen atoms in total. The minimum Gasteiger partial charge on any atom is -0.504 e. The van der Waals surface area contributed by atoms with Crippen molar-refractivity contribution in [3.05, 3.63) is 46.5 Å². The summed E-state index contributed by atoms with van der Waals surface area (Å²) >= 11 is 0. The third kappa shape index (κ3) is 1.72. The number of hydrogen-bond acceptors (Lipinski definition) is 3. The lowest BCUT2D eigenvalue weighted by atomic mass is 9.75. The average molecular weight is 295 g/mol. The lowest BCUT2D eigenvalue weighted by Gasteiger charge is -2.40. The highest BCUT2D eigenvalue weighted by Gasteiger charge is 2.36. The summed E-state index contributed by atoms with van der Waals surface area (Å²) in [5, 5.41) is 10.4. The van der Waals surface area contributed by atoms with Crippen molar-refractivity contribution < 1.29 is 9.84 Å². The van der Waals surface area contributed by atoms with E-state index in [0.717, 1.165) is 24.9 Å². The third-order valence-corrected chi connectivity index (χ3v) is 5.21. The van der Waals surface area contributed by atoms with Crippen molar-refractivity contribution in [2.24, 2.45) is 0 Å². The summed E-state index contributed by atoms with van der Waals surface area (Å²) in [6, 6.07) is 8.75. The Morgan fingerprint density at radius 3 is 2.82 bits per heavy atom. The van der Waals surface area contributed by atoms with Gasteiger partial charge in [0.1, 0.15) is 0 Å². The summed E-state index contributed by atoms with van der Waals surface area (Å²) < 4.78 is 5.59. The van der Waals surface area contributed by atoms with Gasteiger partial charge in [-0.3, -0.25) is 4.90 Å². The van der Waals surface area contributed by atoms with Gasteiger partial charge >= 0.3 is 0 Å². The summed E-state index contributed by atoms with van der Waals surface area (Å²) in [5.41, 5.74) is 7.57. The second-order valence-corrected chi connectivity index (χ2v) is 6.44. The zero-order valence-corrected chi connectivity index (χ0v) is 13.3. The quantitative estimate of drug-likeness (QED) is 0.874. The van der Waals surface area contributed by atoms with Gasteiger partial charge in [-0.2, -0.15) is 0 Å². The van der Waals surface area contributed by atoms with E-state index in [1.165, 1.54) is 27.8 Å². The van der Waals surface area contributed by atoms with Crippen LogP contribution in [0, 0.1) is 6.92 Å². The zero-order chi connectivity index (χ0) is 15.4. The molecule has 3 heteroatoms. The topological polar surface area (TPSA) is 32.7 Å². The highest BCUT2D eigenvalue weighted by atomic mass is 16.5. The molecule has 114 valence electrons. The van der Waals surface area contributed by atoms with Crippen molar-refractivity contribution in [1.29, 1.82) is 0 Å². The minimum atomic E-state index is 0.260. The van der Waals surface area contributed by atoms with Crippen LogP contribution in [-0.4, -0.2) is 30.7 Å². The summed E-state index contributed by atoms with van der Waals surface area (Å²) in [6.45, 7) is 3.17. The summed E-state index contributed by atoms with van der Waals surface area (Å²) in [5.74, 6) is 0.880. The Bertz CT molecular complexity index is 767. The zero-order valence-electron chi connectivity index (χ0n) is 13.3. The van der Waals surface area contributed by atoms with E-state index in [1.807, 2.05) is 6.07 Å². The van der Waals surface area contributed by atoms with Crippen LogP contribution in [-0.2, 0) is 12.8 Å². The van der Waals surface area contributed by atoms with Gasteiger partial charge in [-0.1, -0.05) is 18.2 Å². The molecule has 0 amide bonds. The van der Waals surface area contributed by atoms with Crippen LogP contribution in [0.5, 0.6) is 11.5 Å². The van der Waals surface area contributed by atoms with Crippen LogP contribution in [0.3, 0.4) is 0 Å². The number of nitrogens with zero attached hydrogens (tertiary/aromatic N) is 1. The summed E-state index contributed by atoms with van der Waals surface area (Å²) in [7, 11) is 3.84. The number of phenols is 1. The highest BCUT2D eigenvalue weighted by Crippen LogP contribution is 2.52. The van der Waals surface area contributed by atoms with Gasteiger partial charge in [0.25, 0.3) is 0 Å². The van der Waals surface area contributed by atoms with Crippen molar-refractivity contribution in [3.63, 3.8) is 0 Å². The van der Waals surface area contributed by atoms with Crippen LogP contribution in [0.25, 0.3) is 11.1 Å². The van der Waals surface area contributed by atoms with Crippen LogP contribution < -0.4 is 4.74 Å². The predicted octanol–water partition coefficient (Wildman–Crippen LogP) is 3.46. The molecule has 0 fully saturated rings. The molecule has 0 aromatic heterocycles. The Balaban J connectivity index is 2.13. The number of fused-ring (bicyclic) bond motifs is 2. The SMILES string of the molecule is COc1c(O)cc2c3c1-c1c(C)cccc1C[C@@H]3N(C)CC2. The number of hydrogen-bond donors (Lipinski definition) is 1. The van der Waals surface area contributed by atoms with E-state index in [9.17, 15) is 5.11 Å². The fourth-order valence-corrected chi connectivity index (χ4v) is 4.16. The largest absolute Gasteiger partial charge is 0.504 e. The summed E-state index contributed by atoms with van der Waals surface area (Å²) in [4.78, 5) is 2.42. The van der Waals surface area contributed by atoms with E-state index in [1.54, 1.807) is 7.11 Å². The number of phenolic OH excluding ortho intramolecular Hbond substituents is 1. The van der Waals surface area contributed by atoms with Gasteiger partial charge in [-0.15, -0.1) is 0 Å². The van der Waals surface area contributed by atoms with Gasteiger partial charge in [0.15, 0.2) is 11.5 Å². The highest BCUT2D eigenvalue weighted by molar-refractivity contribution is 5.85. The average Bonchev–Trinajstić information content (AvgIpc) is 2.50. The molecular weight excluding hydrogens is 274 g/mol. The van der Waals surface area contributed by atoms with Crippen LogP contribution in [0.15, 0.2) is 24.3 Å². The number of benzene rings is 2. The molecule has 0 saturated heterocycles. The lowest BCUT2D eigenvalue weighted by Crippen LogP contribution is -2.35. The molecule has 1 N–H and O–H groups in total. The minimum absolute atomic E-state index is 0.260. The van der Waals surface area contributed by atoms with Crippen molar-refractivity contribution in [2.75, 3.05) is 20.7 Å². The van der Waals surface area contributed by atoms with Crippen LogP contribution in [0.4, 0.5) is 0 Å². The van der Waals surface area contributed by atoms with Crippen LogP contribution in [0.1, 0.15) is 28.3 Å². The monoisotopic (exact) mass is 295 g/mol. The molecule has 2 aromatic rings. The standard InChI is InChI=1S/C19H21NO2/c1-11-5-4-6-12-9-14-17-13(7-8-20(14)2)10-15(21)19(22-3)18(17)16(11)12/h4-6,10,14,21H,7-9H2,1-3H3/t14-/m0/s1. The van der Waals surface area contributed by atoms with E-state index in [0.29, 0.717) is 11.8 Å². The first-order valence-electron chi connectivity index (χ1n) is 7.83. The molecule has 1 heterocycles. The third-order valence-electron chi connectivity index (χ3n) is 5.21. The van der Waals surface area contributed by atoms with E-state index in [4.69, 9.17) is 4.74 Å². The molecular formula is C19H21NO2. The first kappa shape index (κ1) is 13.6. The fraction of sp³-hybridized carbons (Fsp3) is 0.368. The molecule has 1 aliphatic carbocycles. The van der Waals surface area contributed by atoms with Crippen molar-refractivity contribution in [2.45, 2.75) is 25.8 Å². The maximum atomic E-state index is 10.4. The molecule has 4 rings (SSSR count). The Hall–Kier alpha value is -2.00. The smallest absolute Gasteiger partial charge is 0.168 e. The predicted molar refractivity (Wildman–Crippen MR) is 87.6 cm³/mol. The molecule has 0 spiro atoms. The van der Waals surface area contributed by atoms with Gasteiger partial charge in [-0.05, 0) is 60.7 Å². The molecule has 0 radical (unpaired) electrons. The van der Waals surface area contributed by atoms with Crippen LogP contribution in [0.2, 0.25) is 0 Å². The molecule has 0 unspecified atom stereocenters.